The lowest BCUT2D eigenvalue weighted by Crippen LogP contribution is -3.00. The molecule has 0 unspecified atom stereocenters. The molecule has 1 heterocycles. The maximum Gasteiger partial charge on any atom is 0.227 e. The van der Waals surface area contributed by atoms with E-state index in [-0.39, 0.29) is 35.1 Å². The Balaban J connectivity index is 0.00000180. The van der Waals surface area contributed by atoms with Crippen LogP contribution in [0, 0.1) is 17.1 Å². The van der Waals surface area contributed by atoms with Gasteiger partial charge in [0.05, 0.1) is 0 Å². The van der Waals surface area contributed by atoms with Crippen LogP contribution in [0.15, 0.2) is 48.8 Å². The Morgan fingerprint density at radius 3 is 2.58 bits per heavy atom. The molecule has 0 aliphatic carbocycles. The second kappa shape index (κ2) is 6.76. The molecule has 0 spiro atoms. The number of carbonyl (C=O) groups excluding carboxylic acids is 1. The zero-order valence-electron chi connectivity index (χ0n) is 9.88. The van der Waals surface area contributed by atoms with Crippen molar-refractivity contribution in [2.75, 3.05) is 0 Å². The molecule has 0 bridgehead atoms. The highest BCUT2D eigenvalue weighted by molar-refractivity contribution is 5.94. The maximum atomic E-state index is 12.7. The van der Waals surface area contributed by atoms with Gasteiger partial charge in [-0.25, -0.2) is 4.39 Å². The zero-order valence-corrected chi connectivity index (χ0v) is 11.5. The van der Waals surface area contributed by atoms with Crippen molar-refractivity contribution >= 4 is 5.78 Å². The molecule has 0 atom stereocenters. The molecule has 5 heteroatoms. The number of carbonyl (C=O) groups is 1. The van der Waals surface area contributed by atoms with Gasteiger partial charge in [0.15, 0.2) is 12.4 Å². The maximum absolute atomic E-state index is 12.7. The van der Waals surface area contributed by atoms with Crippen LogP contribution in [0.4, 0.5) is 4.39 Å². The summed E-state index contributed by atoms with van der Waals surface area (Å²) in [6, 6.07) is 10.8. The number of halogens is 2. The van der Waals surface area contributed by atoms with Crippen LogP contribution in [-0.2, 0) is 6.54 Å². The van der Waals surface area contributed by atoms with Crippen molar-refractivity contribution in [2.45, 2.75) is 6.54 Å². The third-order valence-electron chi connectivity index (χ3n) is 2.48. The van der Waals surface area contributed by atoms with Gasteiger partial charge in [0.25, 0.3) is 0 Å². The highest BCUT2D eigenvalue weighted by Crippen LogP contribution is 2.03. The first kappa shape index (κ1) is 15.0. The van der Waals surface area contributed by atoms with Crippen molar-refractivity contribution in [3.05, 3.63) is 65.7 Å². The molecule has 0 radical (unpaired) electrons. The lowest BCUT2D eigenvalue weighted by Gasteiger charge is -1.98. The molecule has 19 heavy (non-hydrogen) atoms. The molecule has 3 nitrogen and oxygen atoms in total. The van der Waals surface area contributed by atoms with Crippen LogP contribution in [0.25, 0.3) is 0 Å². The van der Waals surface area contributed by atoms with Crippen molar-refractivity contribution in [3.63, 3.8) is 0 Å². The standard InChI is InChI=1S/C14H10FN2O.BrH/c15-13-5-3-12(4-6-13)14(18)10-17-7-1-2-11(8-16)9-17;/h1-7,9H,10H2;1H/q+1;/p-1. The zero-order chi connectivity index (χ0) is 13.0. The molecule has 0 aliphatic rings. The van der Waals surface area contributed by atoms with Crippen LogP contribution < -0.4 is 21.5 Å². The number of aromatic nitrogens is 1. The summed E-state index contributed by atoms with van der Waals surface area (Å²) in [6.45, 7) is 0.126. The van der Waals surface area contributed by atoms with Gasteiger partial charge in [0, 0.05) is 11.6 Å². The highest BCUT2D eigenvalue weighted by atomic mass is 79.9. The Morgan fingerprint density at radius 2 is 1.95 bits per heavy atom. The number of Topliss-reactive ketones (excluding diaryl/α,β-unsaturated/α-hetero) is 1. The molecular formula is C14H10BrFN2O. The fourth-order valence-corrected chi connectivity index (χ4v) is 1.58. The minimum absolute atomic E-state index is 0. The van der Waals surface area contributed by atoms with Gasteiger partial charge in [-0.2, -0.15) is 9.83 Å². The Bertz CT molecular complexity index is 620. The quantitative estimate of drug-likeness (QED) is 0.531. The third-order valence-corrected chi connectivity index (χ3v) is 2.48. The van der Waals surface area contributed by atoms with E-state index in [4.69, 9.17) is 5.26 Å². The summed E-state index contributed by atoms with van der Waals surface area (Å²) >= 11 is 0. The first-order valence-corrected chi connectivity index (χ1v) is 5.37. The summed E-state index contributed by atoms with van der Waals surface area (Å²) < 4.78 is 14.4. The number of nitriles is 1. The SMILES string of the molecule is N#Cc1ccc[n+](CC(=O)c2ccc(F)cc2)c1.[Br-]. The molecule has 2 rings (SSSR count). The van der Waals surface area contributed by atoms with Crippen molar-refractivity contribution in [1.29, 1.82) is 5.26 Å². The lowest BCUT2D eigenvalue weighted by atomic mass is 10.1. The van der Waals surface area contributed by atoms with E-state index >= 15 is 0 Å². The molecule has 1 aromatic carbocycles. The summed E-state index contributed by atoms with van der Waals surface area (Å²) in [5.41, 5.74) is 0.940. The van der Waals surface area contributed by atoms with Gasteiger partial charge in [0.2, 0.25) is 12.3 Å². The van der Waals surface area contributed by atoms with Gasteiger partial charge in [-0.1, -0.05) is 0 Å². The first-order valence-electron chi connectivity index (χ1n) is 5.37. The Kier molecular flexibility index (Phi) is 5.34. The molecule has 0 fully saturated rings. The molecule has 0 saturated heterocycles. The minimum Gasteiger partial charge on any atom is -1.00 e. The largest absolute Gasteiger partial charge is 1.00 e. The van der Waals surface area contributed by atoms with E-state index in [1.807, 2.05) is 6.07 Å². The van der Waals surface area contributed by atoms with Crippen LogP contribution in [-0.4, -0.2) is 5.78 Å². The molecule has 0 amide bonds. The van der Waals surface area contributed by atoms with E-state index in [1.54, 1.807) is 29.1 Å². The summed E-state index contributed by atoms with van der Waals surface area (Å²) in [7, 11) is 0. The second-order valence-electron chi connectivity index (χ2n) is 3.81. The number of hydrogen-bond donors (Lipinski definition) is 0. The number of ketones is 1. The average Bonchev–Trinajstić information content (AvgIpc) is 2.39. The smallest absolute Gasteiger partial charge is 0.227 e. The number of hydrogen-bond acceptors (Lipinski definition) is 2. The number of rotatable bonds is 3. The van der Waals surface area contributed by atoms with Crippen LogP contribution in [0.1, 0.15) is 15.9 Å². The Hall–Kier alpha value is -2.06. The van der Waals surface area contributed by atoms with E-state index in [2.05, 4.69) is 0 Å². The van der Waals surface area contributed by atoms with Crippen LogP contribution >= 0.6 is 0 Å². The normalized spacial score (nSPS) is 9.26. The third kappa shape index (κ3) is 3.97. The van der Waals surface area contributed by atoms with Crippen molar-refractivity contribution in [3.8, 4) is 6.07 Å². The van der Waals surface area contributed by atoms with Crippen molar-refractivity contribution < 1.29 is 30.7 Å². The molecule has 0 aliphatic heterocycles. The molecule has 2 aromatic rings. The van der Waals surface area contributed by atoms with Crippen molar-refractivity contribution in [1.82, 2.24) is 0 Å². The van der Waals surface area contributed by atoms with Gasteiger partial charge in [0.1, 0.15) is 17.4 Å². The summed E-state index contributed by atoms with van der Waals surface area (Å²) in [5, 5.41) is 8.75. The Labute approximate surface area is 120 Å². The van der Waals surface area contributed by atoms with Gasteiger partial charge in [-0.15, -0.1) is 0 Å². The number of nitrogens with zero attached hydrogens (tertiary/aromatic N) is 2. The summed E-state index contributed by atoms with van der Waals surface area (Å²) in [5.74, 6) is -0.499. The average molecular weight is 321 g/mol. The van der Waals surface area contributed by atoms with E-state index in [0.29, 0.717) is 11.1 Å². The van der Waals surface area contributed by atoms with E-state index < -0.39 is 0 Å². The minimum atomic E-state index is -0.370. The predicted octanol–water partition coefficient (Wildman–Crippen LogP) is -1.13. The van der Waals surface area contributed by atoms with Crippen molar-refractivity contribution in [2.24, 2.45) is 0 Å². The van der Waals surface area contributed by atoms with Gasteiger partial charge >= 0.3 is 0 Å². The number of pyridine rings is 1. The number of benzene rings is 1. The fraction of sp³-hybridized carbons (Fsp3) is 0.0714. The summed E-state index contributed by atoms with van der Waals surface area (Å²) in [4.78, 5) is 11.9. The topological polar surface area (TPSA) is 44.7 Å². The van der Waals surface area contributed by atoms with Crippen LogP contribution in [0.3, 0.4) is 0 Å². The predicted molar refractivity (Wildman–Crippen MR) is 62.1 cm³/mol. The summed E-state index contributed by atoms with van der Waals surface area (Å²) in [6.07, 6.45) is 3.31. The van der Waals surface area contributed by atoms with E-state index in [9.17, 15) is 9.18 Å². The van der Waals surface area contributed by atoms with Crippen LogP contribution in [0.2, 0.25) is 0 Å². The molecular weight excluding hydrogens is 311 g/mol. The monoisotopic (exact) mass is 320 g/mol. The molecule has 0 saturated carbocycles. The molecule has 1 aromatic heterocycles. The molecule has 96 valence electrons. The van der Waals surface area contributed by atoms with Gasteiger partial charge in [-0.3, -0.25) is 4.79 Å². The lowest BCUT2D eigenvalue weighted by molar-refractivity contribution is -0.683. The van der Waals surface area contributed by atoms with Gasteiger partial charge < -0.3 is 17.0 Å². The molecule has 0 N–H and O–H groups in total. The first-order chi connectivity index (χ1) is 8.69. The fourth-order valence-electron chi connectivity index (χ4n) is 1.58. The van der Waals surface area contributed by atoms with Gasteiger partial charge in [-0.05, 0) is 30.3 Å². The van der Waals surface area contributed by atoms with E-state index in [1.165, 1.54) is 24.3 Å². The van der Waals surface area contributed by atoms with E-state index in [0.717, 1.165) is 0 Å². The van der Waals surface area contributed by atoms with Crippen LogP contribution in [0.5, 0.6) is 0 Å². The second-order valence-corrected chi connectivity index (χ2v) is 3.81. The Morgan fingerprint density at radius 1 is 1.26 bits per heavy atom. The highest BCUT2D eigenvalue weighted by Gasteiger charge is 2.12.